The summed E-state index contributed by atoms with van der Waals surface area (Å²) in [6.07, 6.45) is 11.1. The fraction of sp³-hybridized carbons (Fsp3) is 0.526. The predicted octanol–water partition coefficient (Wildman–Crippen LogP) is 2.81. The number of amides is 1. The molecule has 2 heterocycles. The SMILES string of the molecule is Cn1c(C(N)=O)cc2c1-c1nc(NC3CCCCC3)ncc1CCC2. The highest BCUT2D eigenvalue weighted by Crippen LogP contribution is 2.33. The van der Waals surface area contributed by atoms with Gasteiger partial charge in [-0.3, -0.25) is 4.79 Å². The topological polar surface area (TPSA) is 85.8 Å². The third-order valence-electron chi connectivity index (χ3n) is 5.48. The lowest BCUT2D eigenvalue weighted by Gasteiger charge is -2.23. The molecule has 2 aromatic rings. The van der Waals surface area contributed by atoms with Gasteiger partial charge in [0.2, 0.25) is 5.95 Å². The molecule has 3 N–H and O–H groups in total. The van der Waals surface area contributed by atoms with Gasteiger partial charge in [-0.05, 0) is 49.3 Å². The Kier molecular flexibility index (Phi) is 4.19. The van der Waals surface area contributed by atoms with Crippen molar-refractivity contribution in [3.8, 4) is 11.4 Å². The molecule has 4 rings (SSSR count). The molecule has 0 aliphatic heterocycles. The largest absolute Gasteiger partial charge is 0.364 e. The molecule has 2 aliphatic carbocycles. The molecule has 1 saturated carbocycles. The molecule has 0 saturated heterocycles. The standard InChI is InChI=1S/C19H25N5O/c1-24-15(18(20)25)10-12-6-5-7-13-11-21-19(23-16(13)17(12)24)22-14-8-3-2-4-9-14/h10-11,14H,2-9H2,1H3,(H2,20,25)(H,21,22,23). The van der Waals surface area contributed by atoms with Crippen LogP contribution in [-0.4, -0.2) is 26.5 Å². The second-order valence-corrected chi connectivity index (χ2v) is 7.23. The van der Waals surface area contributed by atoms with Crippen LogP contribution in [0.5, 0.6) is 0 Å². The van der Waals surface area contributed by atoms with Crippen molar-refractivity contribution in [3.63, 3.8) is 0 Å². The monoisotopic (exact) mass is 339 g/mol. The fourth-order valence-corrected chi connectivity index (χ4v) is 4.17. The zero-order chi connectivity index (χ0) is 17.4. The van der Waals surface area contributed by atoms with Gasteiger partial charge in [0.1, 0.15) is 5.69 Å². The Morgan fingerprint density at radius 2 is 1.96 bits per heavy atom. The van der Waals surface area contributed by atoms with Crippen molar-refractivity contribution in [2.24, 2.45) is 12.8 Å². The Balaban J connectivity index is 1.73. The molecule has 0 bridgehead atoms. The van der Waals surface area contributed by atoms with Crippen molar-refractivity contribution in [2.45, 2.75) is 57.4 Å². The van der Waals surface area contributed by atoms with Crippen LogP contribution in [-0.2, 0) is 19.9 Å². The van der Waals surface area contributed by atoms with Crippen LogP contribution < -0.4 is 11.1 Å². The van der Waals surface area contributed by atoms with Crippen molar-refractivity contribution in [1.82, 2.24) is 14.5 Å². The molecule has 2 aliphatic rings. The van der Waals surface area contributed by atoms with Crippen LogP contribution in [0.4, 0.5) is 5.95 Å². The second-order valence-electron chi connectivity index (χ2n) is 7.23. The van der Waals surface area contributed by atoms with E-state index in [0.717, 1.165) is 41.8 Å². The number of nitrogens with one attached hydrogen (secondary N) is 1. The predicted molar refractivity (Wildman–Crippen MR) is 97.5 cm³/mol. The van der Waals surface area contributed by atoms with Crippen LogP contribution in [0.3, 0.4) is 0 Å². The van der Waals surface area contributed by atoms with Crippen LogP contribution in [0.2, 0.25) is 0 Å². The number of aryl methyl sites for hydroxylation is 2. The minimum Gasteiger partial charge on any atom is -0.364 e. The number of rotatable bonds is 3. The van der Waals surface area contributed by atoms with E-state index < -0.39 is 5.91 Å². The summed E-state index contributed by atoms with van der Waals surface area (Å²) in [6, 6.07) is 2.38. The number of aromatic nitrogens is 3. The Bertz CT molecular complexity index is 804. The number of carbonyl (C=O) groups excluding carboxylic acids is 1. The summed E-state index contributed by atoms with van der Waals surface area (Å²) in [6.45, 7) is 0. The van der Waals surface area contributed by atoms with E-state index >= 15 is 0 Å². The Morgan fingerprint density at radius 1 is 1.20 bits per heavy atom. The Hall–Kier alpha value is -2.37. The third kappa shape index (κ3) is 3.01. The maximum absolute atomic E-state index is 11.7. The number of hydrogen-bond donors (Lipinski definition) is 2. The first-order chi connectivity index (χ1) is 12.1. The molecule has 6 heteroatoms. The van der Waals surface area contributed by atoms with Crippen molar-refractivity contribution in [2.75, 3.05) is 5.32 Å². The quantitative estimate of drug-likeness (QED) is 0.900. The number of nitrogens with two attached hydrogens (primary N) is 1. The molecule has 6 nitrogen and oxygen atoms in total. The van der Waals surface area contributed by atoms with Gasteiger partial charge in [-0.25, -0.2) is 9.97 Å². The van der Waals surface area contributed by atoms with E-state index in [9.17, 15) is 4.79 Å². The zero-order valence-corrected chi connectivity index (χ0v) is 14.7. The second kappa shape index (κ2) is 6.50. The van der Waals surface area contributed by atoms with Crippen molar-refractivity contribution in [3.05, 3.63) is 29.1 Å². The van der Waals surface area contributed by atoms with Crippen LogP contribution in [0.15, 0.2) is 12.3 Å². The summed E-state index contributed by atoms with van der Waals surface area (Å²) < 4.78 is 1.89. The number of fused-ring (bicyclic) bond motifs is 3. The molecule has 1 amide bonds. The lowest BCUT2D eigenvalue weighted by molar-refractivity contribution is 0.0992. The first-order valence-corrected chi connectivity index (χ1v) is 9.24. The summed E-state index contributed by atoms with van der Waals surface area (Å²) in [5.41, 5.74) is 10.3. The number of hydrogen-bond acceptors (Lipinski definition) is 4. The van der Waals surface area contributed by atoms with Crippen LogP contribution in [0, 0.1) is 0 Å². The molecule has 132 valence electrons. The smallest absolute Gasteiger partial charge is 0.265 e. The van der Waals surface area contributed by atoms with Gasteiger partial charge in [0.25, 0.3) is 5.91 Å². The summed E-state index contributed by atoms with van der Waals surface area (Å²) in [4.78, 5) is 21.1. The fourth-order valence-electron chi connectivity index (χ4n) is 4.17. The lowest BCUT2D eigenvalue weighted by Crippen LogP contribution is -2.23. The van der Waals surface area contributed by atoms with Gasteiger partial charge >= 0.3 is 0 Å². The van der Waals surface area contributed by atoms with E-state index in [2.05, 4.69) is 10.3 Å². The highest BCUT2D eigenvalue weighted by Gasteiger charge is 2.24. The van der Waals surface area contributed by atoms with Gasteiger partial charge in [0, 0.05) is 19.3 Å². The maximum atomic E-state index is 11.7. The summed E-state index contributed by atoms with van der Waals surface area (Å²) in [5, 5.41) is 3.51. The van der Waals surface area contributed by atoms with Gasteiger partial charge in [0.05, 0.1) is 11.4 Å². The average molecular weight is 339 g/mol. The van der Waals surface area contributed by atoms with E-state index in [1.54, 1.807) is 0 Å². The van der Waals surface area contributed by atoms with Gasteiger partial charge in [0.15, 0.2) is 0 Å². The van der Waals surface area contributed by atoms with E-state index in [0.29, 0.717) is 17.7 Å². The minimum absolute atomic E-state index is 0.397. The van der Waals surface area contributed by atoms with Crippen molar-refractivity contribution >= 4 is 11.9 Å². The highest BCUT2D eigenvalue weighted by atomic mass is 16.1. The molecule has 0 unspecified atom stereocenters. The van der Waals surface area contributed by atoms with Gasteiger partial charge in [-0.15, -0.1) is 0 Å². The van der Waals surface area contributed by atoms with Gasteiger partial charge in [-0.2, -0.15) is 0 Å². The molecule has 2 aromatic heterocycles. The van der Waals surface area contributed by atoms with Gasteiger partial charge < -0.3 is 15.6 Å². The maximum Gasteiger partial charge on any atom is 0.265 e. The van der Waals surface area contributed by atoms with Gasteiger partial charge in [-0.1, -0.05) is 19.3 Å². The average Bonchev–Trinajstić information content (AvgIpc) is 2.82. The molecule has 0 aromatic carbocycles. The van der Waals surface area contributed by atoms with Crippen LogP contribution in [0.25, 0.3) is 11.4 Å². The molecule has 1 fully saturated rings. The van der Waals surface area contributed by atoms with E-state index in [-0.39, 0.29) is 0 Å². The molecule has 0 spiro atoms. The molecular formula is C19H25N5O. The van der Waals surface area contributed by atoms with E-state index in [4.69, 9.17) is 10.7 Å². The highest BCUT2D eigenvalue weighted by molar-refractivity contribution is 5.93. The lowest BCUT2D eigenvalue weighted by atomic mass is 9.96. The Morgan fingerprint density at radius 3 is 2.72 bits per heavy atom. The molecule has 0 atom stereocenters. The van der Waals surface area contributed by atoms with Crippen LogP contribution in [0.1, 0.15) is 60.1 Å². The van der Waals surface area contributed by atoms with Crippen LogP contribution >= 0.6 is 0 Å². The molecular weight excluding hydrogens is 314 g/mol. The Labute approximate surface area is 147 Å². The van der Waals surface area contributed by atoms with Crippen molar-refractivity contribution < 1.29 is 4.79 Å². The summed E-state index contributed by atoms with van der Waals surface area (Å²) in [5.74, 6) is 0.298. The number of anilines is 1. The number of primary amides is 1. The zero-order valence-electron chi connectivity index (χ0n) is 14.7. The van der Waals surface area contributed by atoms with E-state index in [1.807, 2.05) is 23.9 Å². The first kappa shape index (κ1) is 16.1. The summed E-state index contributed by atoms with van der Waals surface area (Å²) in [7, 11) is 1.89. The summed E-state index contributed by atoms with van der Waals surface area (Å²) >= 11 is 0. The number of carbonyl (C=O) groups is 1. The normalized spacial score (nSPS) is 17.5. The van der Waals surface area contributed by atoms with E-state index in [1.165, 1.54) is 32.1 Å². The number of nitrogens with zero attached hydrogens (tertiary/aromatic N) is 3. The molecule has 0 radical (unpaired) electrons. The first-order valence-electron chi connectivity index (χ1n) is 9.24. The minimum atomic E-state index is -0.397. The molecule has 25 heavy (non-hydrogen) atoms. The van der Waals surface area contributed by atoms with Crippen molar-refractivity contribution in [1.29, 1.82) is 0 Å². The third-order valence-corrected chi connectivity index (χ3v) is 5.48.